The van der Waals surface area contributed by atoms with E-state index in [1.54, 1.807) is 0 Å². The summed E-state index contributed by atoms with van der Waals surface area (Å²) < 4.78 is 2.12. The predicted molar refractivity (Wildman–Crippen MR) is 70.7 cm³/mol. The van der Waals surface area contributed by atoms with Crippen LogP contribution in [0.5, 0.6) is 0 Å². The zero-order valence-corrected chi connectivity index (χ0v) is 10.8. The molecule has 0 radical (unpaired) electrons. The Kier molecular flexibility index (Phi) is 2.88. The molecule has 94 valence electrons. The molecule has 1 aliphatic carbocycles. The highest BCUT2D eigenvalue weighted by atomic mass is 15.1. The SMILES string of the molecule is Cc1cc(-n2ccnc2C)c(CNC2CC2)cn1. The van der Waals surface area contributed by atoms with Gasteiger partial charge < -0.3 is 9.88 Å². The Morgan fingerprint density at radius 1 is 1.33 bits per heavy atom. The number of aromatic nitrogens is 3. The maximum atomic E-state index is 4.40. The monoisotopic (exact) mass is 242 g/mol. The van der Waals surface area contributed by atoms with E-state index >= 15 is 0 Å². The lowest BCUT2D eigenvalue weighted by Gasteiger charge is -2.13. The van der Waals surface area contributed by atoms with Gasteiger partial charge in [0, 0.05) is 42.4 Å². The summed E-state index contributed by atoms with van der Waals surface area (Å²) in [4.78, 5) is 8.70. The van der Waals surface area contributed by atoms with Crippen molar-refractivity contribution >= 4 is 0 Å². The molecule has 0 amide bonds. The van der Waals surface area contributed by atoms with E-state index in [1.165, 1.54) is 24.1 Å². The average Bonchev–Trinajstić information content (AvgIpc) is 3.09. The largest absolute Gasteiger partial charge is 0.310 e. The number of pyridine rings is 1. The molecule has 4 heteroatoms. The van der Waals surface area contributed by atoms with Gasteiger partial charge in [0.1, 0.15) is 5.82 Å². The van der Waals surface area contributed by atoms with Gasteiger partial charge in [0.15, 0.2) is 0 Å². The molecule has 2 heterocycles. The number of nitrogens with one attached hydrogen (secondary N) is 1. The Labute approximate surface area is 107 Å². The van der Waals surface area contributed by atoms with Gasteiger partial charge in [0.05, 0.1) is 5.69 Å². The van der Waals surface area contributed by atoms with Crippen molar-refractivity contribution in [3.05, 3.63) is 41.7 Å². The molecule has 0 aromatic carbocycles. The number of rotatable bonds is 4. The van der Waals surface area contributed by atoms with E-state index < -0.39 is 0 Å². The highest BCUT2D eigenvalue weighted by Crippen LogP contribution is 2.21. The van der Waals surface area contributed by atoms with E-state index in [4.69, 9.17) is 0 Å². The van der Waals surface area contributed by atoms with Crippen LogP contribution in [0.15, 0.2) is 24.7 Å². The molecule has 0 aliphatic heterocycles. The number of hydrogen-bond acceptors (Lipinski definition) is 3. The van der Waals surface area contributed by atoms with Gasteiger partial charge in [-0.15, -0.1) is 0 Å². The molecular formula is C14H18N4. The zero-order valence-electron chi connectivity index (χ0n) is 10.8. The molecule has 1 aliphatic rings. The fourth-order valence-corrected chi connectivity index (χ4v) is 2.11. The molecule has 2 aromatic heterocycles. The van der Waals surface area contributed by atoms with Crippen molar-refractivity contribution < 1.29 is 0 Å². The first-order valence-corrected chi connectivity index (χ1v) is 6.43. The van der Waals surface area contributed by atoms with Crippen LogP contribution in [0, 0.1) is 13.8 Å². The van der Waals surface area contributed by atoms with E-state index in [-0.39, 0.29) is 0 Å². The summed E-state index contributed by atoms with van der Waals surface area (Å²) in [6, 6.07) is 2.83. The Hall–Kier alpha value is -1.68. The Balaban J connectivity index is 1.94. The van der Waals surface area contributed by atoms with Gasteiger partial charge >= 0.3 is 0 Å². The standard InChI is InChI=1S/C14H18N4/c1-10-7-14(18-6-5-15-11(18)2)12(8-16-10)9-17-13-3-4-13/h5-8,13,17H,3-4,9H2,1-2H3. The van der Waals surface area contributed by atoms with Crippen LogP contribution in [0.4, 0.5) is 0 Å². The molecule has 1 fully saturated rings. The van der Waals surface area contributed by atoms with Crippen molar-refractivity contribution in [2.75, 3.05) is 0 Å². The third-order valence-electron chi connectivity index (χ3n) is 3.34. The van der Waals surface area contributed by atoms with Crippen molar-refractivity contribution in [1.82, 2.24) is 19.9 Å². The molecule has 1 N–H and O–H groups in total. The fraction of sp³-hybridized carbons (Fsp3) is 0.429. The molecular weight excluding hydrogens is 224 g/mol. The summed E-state index contributed by atoms with van der Waals surface area (Å²) in [7, 11) is 0. The summed E-state index contributed by atoms with van der Waals surface area (Å²) in [5.74, 6) is 1.01. The second-order valence-electron chi connectivity index (χ2n) is 4.95. The maximum absolute atomic E-state index is 4.40. The van der Waals surface area contributed by atoms with E-state index in [0.29, 0.717) is 6.04 Å². The van der Waals surface area contributed by atoms with Gasteiger partial charge in [0.2, 0.25) is 0 Å². The van der Waals surface area contributed by atoms with E-state index in [1.807, 2.05) is 32.4 Å². The van der Waals surface area contributed by atoms with Gasteiger partial charge in [-0.05, 0) is 32.8 Å². The molecule has 3 rings (SSSR count). The van der Waals surface area contributed by atoms with Gasteiger partial charge in [-0.1, -0.05) is 0 Å². The smallest absolute Gasteiger partial charge is 0.110 e. The normalized spacial score (nSPS) is 15.0. The summed E-state index contributed by atoms with van der Waals surface area (Å²) in [6.07, 6.45) is 8.42. The lowest BCUT2D eigenvalue weighted by Crippen LogP contribution is -2.17. The first-order chi connectivity index (χ1) is 8.74. The summed E-state index contributed by atoms with van der Waals surface area (Å²) in [5, 5.41) is 3.54. The van der Waals surface area contributed by atoms with Crippen LogP contribution < -0.4 is 5.32 Å². The van der Waals surface area contributed by atoms with E-state index in [9.17, 15) is 0 Å². The molecule has 0 saturated heterocycles. The van der Waals surface area contributed by atoms with Crippen molar-refractivity contribution in [3.63, 3.8) is 0 Å². The second kappa shape index (κ2) is 4.53. The number of nitrogens with zero attached hydrogens (tertiary/aromatic N) is 3. The van der Waals surface area contributed by atoms with Crippen LogP contribution in [0.3, 0.4) is 0 Å². The minimum atomic E-state index is 0.711. The van der Waals surface area contributed by atoms with Crippen LogP contribution in [-0.4, -0.2) is 20.6 Å². The van der Waals surface area contributed by atoms with Crippen molar-refractivity contribution in [2.45, 2.75) is 39.3 Å². The third kappa shape index (κ3) is 2.29. The van der Waals surface area contributed by atoms with Crippen molar-refractivity contribution in [3.8, 4) is 5.69 Å². The highest BCUT2D eigenvalue weighted by molar-refractivity contribution is 5.41. The lowest BCUT2D eigenvalue weighted by atomic mass is 10.2. The summed E-state index contributed by atoms with van der Waals surface area (Å²) >= 11 is 0. The van der Waals surface area contributed by atoms with Gasteiger partial charge in [-0.2, -0.15) is 0 Å². The van der Waals surface area contributed by atoms with Gasteiger partial charge in [-0.25, -0.2) is 4.98 Å². The van der Waals surface area contributed by atoms with Crippen LogP contribution in [0.25, 0.3) is 5.69 Å². The predicted octanol–water partition coefficient (Wildman–Crippen LogP) is 2.14. The summed E-state index contributed by atoms with van der Waals surface area (Å²) in [6.45, 7) is 4.92. The second-order valence-corrected chi connectivity index (χ2v) is 4.95. The molecule has 0 atom stereocenters. The van der Waals surface area contributed by atoms with E-state index in [2.05, 4.69) is 25.9 Å². The van der Waals surface area contributed by atoms with Gasteiger partial charge in [0.25, 0.3) is 0 Å². The maximum Gasteiger partial charge on any atom is 0.110 e. The number of imidazole rings is 1. The van der Waals surface area contributed by atoms with Crippen LogP contribution in [-0.2, 0) is 6.54 Å². The van der Waals surface area contributed by atoms with Gasteiger partial charge in [-0.3, -0.25) is 4.98 Å². The lowest BCUT2D eigenvalue weighted by molar-refractivity contribution is 0.681. The van der Waals surface area contributed by atoms with Crippen molar-refractivity contribution in [2.24, 2.45) is 0 Å². The van der Waals surface area contributed by atoms with Crippen LogP contribution in [0.2, 0.25) is 0 Å². The molecule has 0 unspecified atom stereocenters. The zero-order chi connectivity index (χ0) is 12.5. The first kappa shape index (κ1) is 11.4. The molecule has 0 spiro atoms. The van der Waals surface area contributed by atoms with Crippen LogP contribution in [0.1, 0.15) is 29.9 Å². The average molecular weight is 242 g/mol. The number of hydrogen-bond donors (Lipinski definition) is 1. The Bertz CT molecular complexity index is 555. The minimum absolute atomic E-state index is 0.711. The fourth-order valence-electron chi connectivity index (χ4n) is 2.11. The topological polar surface area (TPSA) is 42.7 Å². The molecule has 4 nitrogen and oxygen atoms in total. The minimum Gasteiger partial charge on any atom is -0.310 e. The molecule has 0 bridgehead atoms. The van der Waals surface area contributed by atoms with Crippen LogP contribution >= 0.6 is 0 Å². The number of aryl methyl sites for hydroxylation is 2. The Morgan fingerprint density at radius 3 is 2.83 bits per heavy atom. The van der Waals surface area contributed by atoms with Crippen molar-refractivity contribution in [1.29, 1.82) is 0 Å². The molecule has 1 saturated carbocycles. The molecule has 18 heavy (non-hydrogen) atoms. The Morgan fingerprint density at radius 2 is 2.17 bits per heavy atom. The van der Waals surface area contributed by atoms with E-state index in [0.717, 1.165) is 18.1 Å². The molecule has 2 aromatic rings. The summed E-state index contributed by atoms with van der Waals surface area (Å²) in [5.41, 5.74) is 3.45. The quantitative estimate of drug-likeness (QED) is 0.893. The third-order valence-corrected chi connectivity index (χ3v) is 3.34. The highest BCUT2D eigenvalue weighted by Gasteiger charge is 2.20. The first-order valence-electron chi connectivity index (χ1n) is 6.43.